The summed E-state index contributed by atoms with van der Waals surface area (Å²) in [5.74, 6) is 1.71. The fraction of sp³-hybridized carbons (Fsp3) is 0.450. The number of carbonyl (C=O) groups excluding carboxylic acids is 1. The predicted octanol–water partition coefficient (Wildman–Crippen LogP) is 4.30. The summed E-state index contributed by atoms with van der Waals surface area (Å²) in [5.41, 5.74) is 5.01. The maximum atomic E-state index is 12.7. The molecular formula is C20H23NO2S. The predicted molar refractivity (Wildman–Crippen MR) is 96.8 cm³/mol. The molecule has 0 unspecified atom stereocenters. The zero-order valence-corrected chi connectivity index (χ0v) is 15.4. The Morgan fingerprint density at radius 2 is 2.12 bits per heavy atom. The Labute approximate surface area is 146 Å². The average Bonchev–Trinajstić information content (AvgIpc) is 2.88. The van der Waals surface area contributed by atoms with E-state index < -0.39 is 0 Å². The van der Waals surface area contributed by atoms with Crippen LogP contribution in [0.5, 0.6) is 5.75 Å². The van der Waals surface area contributed by atoms with Crippen LogP contribution < -0.4 is 5.32 Å². The third-order valence-electron chi connectivity index (χ3n) is 5.94. The van der Waals surface area contributed by atoms with Crippen molar-refractivity contribution in [2.45, 2.75) is 46.6 Å². The van der Waals surface area contributed by atoms with Crippen LogP contribution in [0.15, 0.2) is 18.2 Å². The summed E-state index contributed by atoms with van der Waals surface area (Å²) < 4.78 is 0. The molecule has 2 atom stereocenters. The normalized spacial score (nSPS) is 22.8. The molecule has 1 saturated carbocycles. The Kier molecular flexibility index (Phi) is 3.33. The second-order valence-electron chi connectivity index (χ2n) is 7.79. The number of thiophene rings is 1. The van der Waals surface area contributed by atoms with Crippen molar-refractivity contribution in [2.24, 2.45) is 11.3 Å². The van der Waals surface area contributed by atoms with Crippen molar-refractivity contribution in [3.63, 3.8) is 0 Å². The summed E-state index contributed by atoms with van der Waals surface area (Å²) in [7, 11) is 0. The fourth-order valence-electron chi connectivity index (χ4n) is 4.41. The van der Waals surface area contributed by atoms with Crippen molar-refractivity contribution >= 4 is 17.2 Å². The molecule has 2 aromatic rings. The third kappa shape index (κ3) is 2.20. The van der Waals surface area contributed by atoms with Gasteiger partial charge in [0, 0.05) is 11.4 Å². The SMILES string of the molecule is Cc1cc(CNC(=O)c2sc(C)c3c2C[C@@H]2[C@H]3C2(C)C)ccc1O. The molecule has 0 bridgehead atoms. The zero-order chi connectivity index (χ0) is 17.2. The van der Waals surface area contributed by atoms with Gasteiger partial charge >= 0.3 is 0 Å². The lowest BCUT2D eigenvalue weighted by molar-refractivity contribution is 0.0954. The van der Waals surface area contributed by atoms with Gasteiger partial charge in [-0.05, 0) is 65.8 Å². The number of hydrogen-bond acceptors (Lipinski definition) is 3. The van der Waals surface area contributed by atoms with Gasteiger partial charge in [0.2, 0.25) is 0 Å². The number of hydrogen-bond donors (Lipinski definition) is 2. The summed E-state index contributed by atoms with van der Waals surface area (Å²) in [4.78, 5) is 14.9. The van der Waals surface area contributed by atoms with Crippen molar-refractivity contribution in [3.05, 3.63) is 50.2 Å². The number of rotatable bonds is 3. The molecule has 0 saturated heterocycles. The Morgan fingerprint density at radius 1 is 1.38 bits per heavy atom. The quantitative estimate of drug-likeness (QED) is 0.874. The van der Waals surface area contributed by atoms with Gasteiger partial charge in [0.1, 0.15) is 5.75 Å². The van der Waals surface area contributed by atoms with E-state index in [1.165, 1.54) is 16.0 Å². The largest absolute Gasteiger partial charge is 0.508 e. The van der Waals surface area contributed by atoms with Crippen LogP contribution in [0.3, 0.4) is 0 Å². The van der Waals surface area contributed by atoms with Gasteiger partial charge in [-0.1, -0.05) is 26.0 Å². The standard InChI is InChI=1S/C20H23NO2S/c1-10-7-12(5-6-15(10)22)9-21-19(23)18-13-8-14-17(20(14,3)4)16(13)11(2)24-18/h5-7,14,17,22H,8-9H2,1-4H3,(H,21,23)/t14-,17-/m1/s1. The van der Waals surface area contributed by atoms with Gasteiger partial charge in [-0.3, -0.25) is 4.79 Å². The molecule has 126 valence electrons. The fourth-order valence-corrected chi connectivity index (χ4v) is 5.55. The first-order valence-corrected chi connectivity index (χ1v) is 9.31. The van der Waals surface area contributed by atoms with Gasteiger partial charge in [0.25, 0.3) is 5.91 Å². The van der Waals surface area contributed by atoms with Gasteiger partial charge in [-0.2, -0.15) is 0 Å². The van der Waals surface area contributed by atoms with Crippen molar-refractivity contribution < 1.29 is 9.90 Å². The minimum atomic E-state index is 0.0363. The smallest absolute Gasteiger partial charge is 0.261 e. The number of phenols is 1. The van der Waals surface area contributed by atoms with Crippen LogP contribution in [0.4, 0.5) is 0 Å². The number of aryl methyl sites for hydroxylation is 2. The van der Waals surface area contributed by atoms with Crippen LogP contribution in [-0.4, -0.2) is 11.0 Å². The highest BCUT2D eigenvalue weighted by Crippen LogP contribution is 2.71. The summed E-state index contributed by atoms with van der Waals surface area (Å²) in [6.07, 6.45) is 1.05. The molecule has 2 aliphatic carbocycles. The molecule has 0 spiro atoms. The van der Waals surface area contributed by atoms with Crippen LogP contribution in [0.2, 0.25) is 0 Å². The lowest BCUT2D eigenvalue weighted by Crippen LogP contribution is -2.23. The van der Waals surface area contributed by atoms with E-state index in [-0.39, 0.29) is 5.91 Å². The van der Waals surface area contributed by atoms with Crippen molar-refractivity contribution in [2.75, 3.05) is 0 Å². The van der Waals surface area contributed by atoms with E-state index in [2.05, 4.69) is 26.1 Å². The number of fused-ring (bicyclic) bond motifs is 3. The van der Waals surface area contributed by atoms with E-state index in [1.807, 2.05) is 19.1 Å². The first kappa shape index (κ1) is 15.7. The summed E-state index contributed by atoms with van der Waals surface area (Å²) in [5, 5.41) is 12.6. The maximum Gasteiger partial charge on any atom is 0.261 e. The number of nitrogens with one attached hydrogen (secondary N) is 1. The average molecular weight is 341 g/mol. The minimum absolute atomic E-state index is 0.0363. The van der Waals surface area contributed by atoms with Crippen LogP contribution in [-0.2, 0) is 13.0 Å². The van der Waals surface area contributed by atoms with Crippen LogP contribution in [0.1, 0.15) is 56.6 Å². The molecule has 24 heavy (non-hydrogen) atoms. The molecule has 1 aromatic carbocycles. The summed E-state index contributed by atoms with van der Waals surface area (Å²) in [6, 6.07) is 5.45. The number of carbonyl (C=O) groups is 1. The van der Waals surface area contributed by atoms with Gasteiger partial charge in [0.05, 0.1) is 4.88 Å². The van der Waals surface area contributed by atoms with E-state index >= 15 is 0 Å². The summed E-state index contributed by atoms with van der Waals surface area (Å²) in [6.45, 7) is 9.19. The Balaban J connectivity index is 1.51. The van der Waals surface area contributed by atoms with Crippen LogP contribution in [0, 0.1) is 25.2 Å². The molecule has 1 amide bonds. The van der Waals surface area contributed by atoms with Crippen molar-refractivity contribution in [1.29, 1.82) is 0 Å². The van der Waals surface area contributed by atoms with Gasteiger partial charge in [-0.15, -0.1) is 11.3 Å². The van der Waals surface area contributed by atoms with Crippen LogP contribution in [0.25, 0.3) is 0 Å². The van der Waals surface area contributed by atoms with E-state index in [0.29, 0.717) is 23.6 Å². The van der Waals surface area contributed by atoms with Crippen LogP contribution >= 0.6 is 11.3 Å². The Bertz CT molecular complexity index is 850. The molecule has 3 nitrogen and oxygen atoms in total. The topological polar surface area (TPSA) is 49.3 Å². The molecule has 0 aliphatic heterocycles. The molecule has 0 radical (unpaired) electrons. The minimum Gasteiger partial charge on any atom is -0.508 e. The molecule has 1 fully saturated rings. The first-order valence-electron chi connectivity index (χ1n) is 8.49. The Hall–Kier alpha value is -1.81. The highest BCUT2D eigenvalue weighted by atomic mass is 32.1. The molecule has 1 heterocycles. The molecule has 4 rings (SSSR count). The second-order valence-corrected chi connectivity index (χ2v) is 9.02. The molecule has 4 heteroatoms. The monoisotopic (exact) mass is 341 g/mol. The lowest BCUT2D eigenvalue weighted by atomic mass is 9.95. The van der Waals surface area contributed by atoms with E-state index in [0.717, 1.165) is 28.3 Å². The van der Waals surface area contributed by atoms with E-state index in [9.17, 15) is 9.90 Å². The molecule has 2 N–H and O–H groups in total. The number of aromatic hydroxyl groups is 1. The third-order valence-corrected chi connectivity index (χ3v) is 7.10. The van der Waals surface area contributed by atoms with E-state index in [1.54, 1.807) is 17.4 Å². The number of phenolic OH excluding ortho intramolecular Hbond substituents is 1. The lowest BCUT2D eigenvalue weighted by Gasteiger charge is -2.10. The van der Waals surface area contributed by atoms with Crippen molar-refractivity contribution in [1.82, 2.24) is 5.32 Å². The Morgan fingerprint density at radius 3 is 2.83 bits per heavy atom. The van der Waals surface area contributed by atoms with Crippen molar-refractivity contribution in [3.8, 4) is 5.75 Å². The second kappa shape index (κ2) is 5.09. The number of amides is 1. The maximum absolute atomic E-state index is 12.7. The first-order chi connectivity index (χ1) is 11.3. The number of benzene rings is 1. The van der Waals surface area contributed by atoms with Gasteiger partial charge in [-0.25, -0.2) is 0 Å². The molecule has 1 aromatic heterocycles. The molecule has 2 aliphatic rings. The summed E-state index contributed by atoms with van der Waals surface area (Å²) >= 11 is 1.64. The highest BCUT2D eigenvalue weighted by Gasteiger charge is 2.63. The zero-order valence-electron chi connectivity index (χ0n) is 14.6. The van der Waals surface area contributed by atoms with Gasteiger partial charge < -0.3 is 10.4 Å². The van der Waals surface area contributed by atoms with Gasteiger partial charge in [0.15, 0.2) is 0 Å². The van der Waals surface area contributed by atoms with E-state index in [4.69, 9.17) is 0 Å². The highest BCUT2D eigenvalue weighted by molar-refractivity contribution is 7.14. The molecular weight excluding hydrogens is 318 g/mol.